The summed E-state index contributed by atoms with van der Waals surface area (Å²) in [5.41, 5.74) is 0.506. The number of non-ortho nitro benzene ring substituents is 1. The smallest absolute Gasteiger partial charge is 0.410 e. The van der Waals surface area contributed by atoms with Crippen molar-refractivity contribution in [2.45, 2.75) is 25.2 Å². The molecule has 0 radical (unpaired) electrons. The highest BCUT2D eigenvalue weighted by Gasteiger charge is 2.40. The van der Waals surface area contributed by atoms with Crippen LogP contribution in [-0.4, -0.2) is 52.8 Å². The molecule has 2 atom stereocenters. The molecular formula is C14H16N2O7. The van der Waals surface area contributed by atoms with Gasteiger partial charge in [-0.2, -0.15) is 0 Å². The van der Waals surface area contributed by atoms with Crippen LogP contribution in [0.5, 0.6) is 0 Å². The molecule has 9 nitrogen and oxygen atoms in total. The predicted octanol–water partition coefficient (Wildman–Crippen LogP) is 0.840. The molecule has 1 heterocycles. The number of carbonyl (C=O) groups is 2. The molecule has 1 N–H and O–H groups in total. The number of methoxy groups -OCH3 is 1. The third-order valence-electron chi connectivity index (χ3n) is 3.50. The van der Waals surface area contributed by atoms with Gasteiger partial charge in [0.05, 0.1) is 24.7 Å². The number of aliphatic hydroxyl groups is 1. The molecule has 23 heavy (non-hydrogen) atoms. The summed E-state index contributed by atoms with van der Waals surface area (Å²) in [6.07, 6.45) is -1.47. The first-order valence-corrected chi connectivity index (χ1v) is 6.85. The van der Waals surface area contributed by atoms with Gasteiger partial charge in [-0.15, -0.1) is 0 Å². The van der Waals surface area contributed by atoms with Crippen molar-refractivity contribution >= 4 is 17.7 Å². The number of rotatable bonds is 4. The van der Waals surface area contributed by atoms with Crippen LogP contribution in [0.2, 0.25) is 0 Å². The Balaban J connectivity index is 1.95. The van der Waals surface area contributed by atoms with Crippen LogP contribution < -0.4 is 0 Å². The first kappa shape index (κ1) is 16.7. The van der Waals surface area contributed by atoms with Crippen molar-refractivity contribution in [3.63, 3.8) is 0 Å². The van der Waals surface area contributed by atoms with Gasteiger partial charge in [0, 0.05) is 18.6 Å². The lowest BCUT2D eigenvalue weighted by molar-refractivity contribution is -0.384. The lowest BCUT2D eigenvalue weighted by Crippen LogP contribution is -2.41. The highest BCUT2D eigenvalue weighted by molar-refractivity contribution is 5.82. The van der Waals surface area contributed by atoms with E-state index in [2.05, 4.69) is 4.74 Å². The van der Waals surface area contributed by atoms with Gasteiger partial charge < -0.3 is 14.6 Å². The van der Waals surface area contributed by atoms with Crippen molar-refractivity contribution in [2.24, 2.45) is 0 Å². The number of nitrogens with zero attached hydrogens (tertiary/aromatic N) is 2. The van der Waals surface area contributed by atoms with Crippen LogP contribution in [0.3, 0.4) is 0 Å². The summed E-state index contributed by atoms with van der Waals surface area (Å²) in [6.45, 7) is -0.115. The van der Waals surface area contributed by atoms with Gasteiger partial charge in [0.1, 0.15) is 12.6 Å². The summed E-state index contributed by atoms with van der Waals surface area (Å²) in [5, 5.41) is 20.2. The Labute approximate surface area is 131 Å². The van der Waals surface area contributed by atoms with E-state index in [1.54, 1.807) is 0 Å². The molecular weight excluding hydrogens is 308 g/mol. The molecule has 1 saturated heterocycles. The fourth-order valence-corrected chi connectivity index (χ4v) is 2.32. The van der Waals surface area contributed by atoms with Crippen molar-refractivity contribution in [3.05, 3.63) is 39.9 Å². The minimum absolute atomic E-state index is 0.0150. The number of carbonyl (C=O) groups excluding carboxylic acids is 2. The standard InChI is InChI=1S/C14H16N2O7/c1-22-13(18)12-6-11(17)7-15(12)14(19)23-8-9-2-4-10(5-3-9)16(20)21/h2-5,11-12,17H,6-8H2,1H3/t11-,12-/m0/s1. The zero-order valence-electron chi connectivity index (χ0n) is 12.4. The molecule has 0 spiro atoms. The van der Waals surface area contributed by atoms with E-state index in [9.17, 15) is 24.8 Å². The number of nitro benzene ring substituents is 1. The van der Waals surface area contributed by atoms with Crippen molar-refractivity contribution in [1.82, 2.24) is 4.90 Å². The van der Waals surface area contributed by atoms with E-state index < -0.39 is 29.1 Å². The zero-order valence-corrected chi connectivity index (χ0v) is 12.4. The molecule has 1 aromatic rings. The Morgan fingerprint density at radius 3 is 2.61 bits per heavy atom. The summed E-state index contributed by atoms with van der Waals surface area (Å²) in [6, 6.07) is 4.68. The fraction of sp³-hybridized carbons (Fsp3) is 0.429. The van der Waals surface area contributed by atoms with E-state index in [1.807, 2.05) is 0 Å². The van der Waals surface area contributed by atoms with Gasteiger partial charge in [-0.05, 0) is 17.7 Å². The van der Waals surface area contributed by atoms with Gasteiger partial charge in [-0.3, -0.25) is 15.0 Å². The number of ether oxygens (including phenoxy) is 2. The number of esters is 1. The third kappa shape index (κ3) is 3.95. The molecule has 0 bridgehead atoms. The number of hydrogen-bond donors (Lipinski definition) is 1. The van der Waals surface area contributed by atoms with E-state index in [0.717, 1.165) is 4.90 Å². The van der Waals surface area contributed by atoms with Gasteiger partial charge in [-0.1, -0.05) is 0 Å². The highest BCUT2D eigenvalue weighted by Crippen LogP contribution is 2.21. The molecule has 1 aliphatic rings. The number of amides is 1. The SMILES string of the molecule is COC(=O)[C@@H]1C[C@H](O)CN1C(=O)OCc1ccc([N+](=O)[O-])cc1. The van der Waals surface area contributed by atoms with Crippen LogP contribution in [0.1, 0.15) is 12.0 Å². The van der Waals surface area contributed by atoms with Gasteiger partial charge in [0.2, 0.25) is 0 Å². The number of likely N-dealkylation sites (tertiary alicyclic amines) is 1. The maximum absolute atomic E-state index is 12.0. The molecule has 0 aromatic heterocycles. The minimum Gasteiger partial charge on any atom is -0.467 e. The van der Waals surface area contributed by atoms with Crippen molar-refractivity contribution in [1.29, 1.82) is 0 Å². The third-order valence-corrected chi connectivity index (χ3v) is 3.50. The number of aliphatic hydroxyl groups excluding tert-OH is 1. The second-order valence-electron chi connectivity index (χ2n) is 5.06. The van der Waals surface area contributed by atoms with Gasteiger partial charge >= 0.3 is 12.1 Å². The first-order chi connectivity index (χ1) is 10.9. The molecule has 9 heteroatoms. The van der Waals surface area contributed by atoms with Crippen LogP contribution in [0, 0.1) is 10.1 Å². The lowest BCUT2D eigenvalue weighted by atomic mass is 10.2. The number of β-amino-alcohol motifs (C(OH)–C–C–N with tert-alkyl or cyclic N) is 1. The molecule has 0 aliphatic carbocycles. The largest absolute Gasteiger partial charge is 0.467 e. The Kier molecular flexibility index (Phi) is 5.12. The average Bonchev–Trinajstić information content (AvgIpc) is 2.94. The second kappa shape index (κ2) is 7.05. The van der Waals surface area contributed by atoms with Gasteiger partial charge in [-0.25, -0.2) is 9.59 Å². The van der Waals surface area contributed by atoms with E-state index >= 15 is 0 Å². The van der Waals surface area contributed by atoms with Crippen LogP contribution in [0.15, 0.2) is 24.3 Å². The number of benzene rings is 1. The molecule has 0 unspecified atom stereocenters. The summed E-state index contributed by atoms with van der Waals surface area (Å²) in [4.78, 5) is 34.8. The molecule has 0 saturated carbocycles. The summed E-state index contributed by atoms with van der Waals surface area (Å²) in [7, 11) is 1.20. The lowest BCUT2D eigenvalue weighted by Gasteiger charge is -2.21. The van der Waals surface area contributed by atoms with Gasteiger partial charge in [0.25, 0.3) is 5.69 Å². The summed E-state index contributed by atoms with van der Waals surface area (Å²) in [5.74, 6) is -0.617. The zero-order chi connectivity index (χ0) is 17.0. The quantitative estimate of drug-likeness (QED) is 0.495. The Morgan fingerprint density at radius 2 is 2.04 bits per heavy atom. The molecule has 1 aromatic carbocycles. The van der Waals surface area contributed by atoms with Crippen LogP contribution in [-0.2, 0) is 20.9 Å². The van der Waals surface area contributed by atoms with Crippen molar-refractivity contribution < 1.29 is 29.1 Å². The van der Waals surface area contributed by atoms with Gasteiger partial charge in [0.15, 0.2) is 0 Å². The van der Waals surface area contributed by atoms with Crippen molar-refractivity contribution in [2.75, 3.05) is 13.7 Å². The average molecular weight is 324 g/mol. The predicted molar refractivity (Wildman–Crippen MR) is 76.4 cm³/mol. The van der Waals surface area contributed by atoms with E-state index in [-0.39, 0.29) is 25.3 Å². The molecule has 1 amide bonds. The van der Waals surface area contributed by atoms with E-state index in [1.165, 1.54) is 31.4 Å². The Bertz CT molecular complexity index is 602. The maximum Gasteiger partial charge on any atom is 0.410 e. The molecule has 1 fully saturated rings. The van der Waals surface area contributed by atoms with E-state index in [0.29, 0.717) is 5.56 Å². The normalized spacial score (nSPS) is 20.2. The second-order valence-corrected chi connectivity index (χ2v) is 5.06. The Morgan fingerprint density at radius 1 is 1.39 bits per heavy atom. The molecule has 124 valence electrons. The summed E-state index contributed by atoms with van der Waals surface area (Å²) >= 11 is 0. The molecule has 2 rings (SSSR count). The molecule has 1 aliphatic heterocycles. The Hall–Kier alpha value is -2.68. The highest BCUT2D eigenvalue weighted by atomic mass is 16.6. The monoisotopic (exact) mass is 324 g/mol. The van der Waals surface area contributed by atoms with Crippen molar-refractivity contribution in [3.8, 4) is 0 Å². The van der Waals surface area contributed by atoms with Crippen LogP contribution in [0.4, 0.5) is 10.5 Å². The van der Waals surface area contributed by atoms with Crippen LogP contribution >= 0.6 is 0 Å². The minimum atomic E-state index is -0.876. The van der Waals surface area contributed by atoms with E-state index in [4.69, 9.17) is 4.74 Å². The summed E-state index contributed by atoms with van der Waals surface area (Å²) < 4.78 is 9.68. The fourth-order valence-electron chi connectivity index (χ4n) is 2.32. The number of nitro groups is 1. The van der Waals surface area contributed by atoms with Crippen LogP contribution in [0.25, 0.3) is 0 Å². The topological polar surface area (TPSA) is 119 Å². The number of hydrogen-bond acceptors (Lipinski definition) is 7. The maximum atomic E-state index is 12.0. The first-order valence-electron chi connectivity index (χ1n) is 6.85.